The molecule has 0 aliphatic carbocycles. The number of rotatable bonds is 11. The lowest BCUT2D eigenvalue weighted by Gasteiger charge is -2.31. The highest BCUT2D eigenvalue weighted by atomic mass is 16.5. The minimum absolute atomic E-state index is 0.0687. The quantitative estimate of drug-likeness (QED) is 0.580. The number of hydrogen-bond acceptors (Lipinski definition) is 3. The zero-order valence-corrected chi connectivity index (χ0v) is 19.5. The number of nitrogens with one attached hydrogen (secondary N) is 1. The number of carbonyl (C=O) groups is 2. The van der Waals surface area contributed by atoms with Crippen molar-refractivity contribution in [1.29, 1.82) is 0 Å². The van der Waals surface area contributed by atoms with E-state index in [1.165, 1.54) is 0 Å². The smallest absolute Gasteiger partial charge is 0.261 e. The van der Waals surface area contributed by atoms with E-state index < -0.39 is 6.04 Å². The van der Waals surface area contributed by atoms with E-state index in [2.05, 4.69) is 11.4 Å². The number of hydrogen-bond donors (Lipinski definition) is 1. The molecule has 2 atom stereocenters. The Morgan fingerprint density at radius 1 is 1.00 bits per heavy atom. The molecule has 168 valence electrons. The Bertz CT molecular complexity index is 831. The standard InChI is InChI=1S/C26H36N2O3/c1-6-21(5)27-26(30)24(7-2)28(14-13-22-11-9-8-10-12-22)25(29)18-31-23-16-19(3)15-20(4)17-23/h8-12,15-17,21,24H,6-7,13-14,18H2,1-5H3,(H,27,30)/t21-,24-/m1/s1. The first-order valence-corrected chi connectivity index (χ1v) is 11.2. The minimum atomic E-state index is -0.520. The Morgan fingerprint density at radius 2 is 1.65 bits per heavy atom. The van der Waals surface area contributed by atoms with Crippen molar-refractivity contribution in [2.24, 2.45) is 0 Å². The fraction of sp³-hybridized carbons (Fsp3) is 0.462. The largest absolute Gasteiger partial charge is 0.484 e. The predicted molar refractivity (Wildman–Crippen MR) is 125 cm³/mol. The molecule has 0 spiro atoms. The van der Waals surface area contributed by atoms with Crippen LogP contribution in [-0.4, -0.2) is 41.9 Å². The third kappa shape index (κ3) is 7.74. The van der Waals surface area contributed by atoms with Crippen LogP contribution in [0.5, 0.6) is 5.75 Å². The fourth-order valence-corrected chi connectivity index (χ4v) is 3.58. The average Bonchev–Trinajstić information content (AvgIpc) is 2.74. The zero-order chi connectivity index (χ0) is 22.8. The number of amides is 2. The van der Waals surface area contributed by atoms with E-state index in [0.29, 0.717) is 25.1 Å². The predicted octanol–water partition coefficient (Wildman–Crippen LogP) is 4.45. The summed E-state index contributed by atoms with van der Waals surface area (Å²) in [4.78, 5) is 27.8. The van der Waals surface area contributed by atoms with Crippen LogP contribution >= 0.6 is 0 Å². The van der Waals surface area contributed by atoms with Crippen LogP contribution in [0, 0.1) is 13.8 Å². The first kappa shape index (κ1) is 24.4. The fourth-order valence-electron chi connectivity index (χ4n) is 3.58. The lowest BCUT2D eigenvalue weighted by atomic mass is 10.1. The van der Waals surface area contributed by atoms with E-state index in [0.717, 1.165) is 23.1 Å². The van der Waals surface area contributed by atoms with E-state index in [1.807, 2.05) is 77.1 Å². The average molecular weight is 425 g/mol. The number of carbonyl (C=O) groups excluding carboxylic acids is 2. The van der Waals surface area contributed by atoms with Gasteiger partial charge in [-0.1, -0.05) is 50.2 Å². The number of aryl methyl sites for hydroxylation is 2. The van der Waals surface area contributed by atoms with Gasteiger partial charge in [0.25, 0.3) is 5.91 Å². The highest BCUT2D eigenvalue weighted by Crippen LogP contribution is 2.17. The summed E-state index contributed by atoms with van der Waals surface area (Å²) in [6.45, 7) is 10.3. The molecule has 2 rings (SSSR count). The summed E-state index contributed by atoms with van der Waals surface area (Å²) in [5.41, 5.74) is 3.30. The second-order valence-corrected chi connectivity index (χ2v) is 8.18. The van der Waals surface area contributed by atoms with Crippen molar-refractivity contribution in [1.82, 2.24) is 10.2 Å². The van der Waals surface area contributed by atoms with E-state index in [-0.39, 0.29) is 24.5 Å². The van der Waals surface area contributed by atoms with Crippen LogP contribution < -0.4 is 10.1 Å². The Labute approximate surface area is 186 Å². The second-order valence-electron chi connectivity index (χ2n) is 8.18. The van der Waals surface area contributed by atoms with Crippen molar-refractivity contribution in [2.75, 3.05) is 13.2 Å². The van der Waals surface area contributed by atoms with Crippen molar-refractivity contribution in [2.45, 2.75) is 66.0 Å². The van der Waals surface area contributed by atoms with E-state index in [1.54, 1.807) is 4.90 Å². The van der Waals surface area contributed by atoms with Gasteiger partial charge in [-0.3, -0.25) is 9.59 Å². The SMILES string of the molecule is CC[C@@H](C)NC(=O)[C@@H](CC)N(CCc1ccccc1)C(=O)COc1cc(C)cc(C)c1. The maximum Gasteiger partial charge on any atom is 0.261 e. The van der Waals surface area contributed by atoms with Gasteiger partial charge in [0.2, 0.25) is 5.91 Å². The maximum atomic E-state index is 13.2. The first-order chi connectivity index (χ1) is 14.8. The van der Waals surface area contributed by atoms with Crippen molar-refractivity contribution in [3.05, 3.63) is 65.2 Å². The lowest BCUT2D eigenvalue weighted by molar-refractivity contribution is -0.142. The van der Waals surface area contributed by atoms with Crippen molar-refractivity contribution >= 4 is 11.8 Å². The third-order valence-corrected chi connectivity index (χ3v) is 5.43. The summed E-state index contributed by atoms with van der Waals surface area (Å²) >= 11 is 0. The highest BCUT2D eigenvalue weighted by molar-refractivity contribution is 5.88. The molecule has 1 N–H and O–H groups in total. The zero-order valence-electron chi connectivity index (χ0n) is 19.5. The van der Waals surface area contributed by atoms with Crippen LogP contribution in [0.25, 0.3) is 0 Å². The van der Waals surface area contributed by atoms with Crippen LogP contribution in [0.15, 0.2) is 48.5 Å². The minimum Gasteiger partial charge on any atom is -0.484 e. The Balaban J connectivity index is 2.15. The van der Waals surface area contributed by atoms with Crippen LogP contribution in [0.4, 0.5) is 0 Å². The Morgan fingerprint density at radius 3 is 2.23 bits per heavy atom. The summed E-state index contributed by atoms with van der Waals surface area (Å²) < 4.78 is 5.82. The van der Waals surface area contributed by atoms with E-state index >= 15 is 0 Å². The molecule has 2 aromatic rings. The van der Waals surface area contributed by atoms with Gasteiger partial charge in [-0.2, -0.15) is 0 Å². The third-order valence-electron chi connectivity index (χ3n) is 5.43. The summed E-state index contributed by atoms with van der Waals surface area (Å²) in [6, 6.07) is 15.5. The van der Waals surface area contributed by atoms with Gasteiger partial charge in [0.05, 0.1) is 0 Å². The highest BCUT2D eigenvalue weighted by Gasteiger charge is 2.29. The molecule has 0 bridgehead atoms. The van der Waals surface area contributed by atoms with Crippen LogP contribution in [0.3, 0.4) is 0 Å². The summed E-state index contributed by atoms with van der Waals surface area (Å²) in [6.07, 6.45) is 2.07. The first-order valence-electron chi connectivity index (χ1n) is 11.2. The topological polar surface area (TPSA) is 58.6 Å². The normalized spacial score (nSPS) is 12.7. The molecule has 0 aliphatic rings. The summed E-state index contributed by atoms with van der Waals surface area (Å²) in [7, 11) is 0. The van der Waals surface area contributed by atoms with Gasteiger partial charge < -0.3 is 15.0 Å². The molecule has 0 unspecified atom stereocenters. The van der Waals surface area contributed by atoms with Crippen molar-refractivity contribution in [3.8, 4) is 5.75 Å². The molecule has 0 aliphatic heterocycles. The van der Waals surface area contributed by atoms with Gasteiger partial charge in [-0.25, -0.2) is 0 Å². The second kappa shape index (κ2) is 12.1. The maximum absolute atomic E-state index is 13.2. The number of ether oxygens (including phenoxy) is 1. The molecule has 0 saturated heterocycles. The number of nitrogens with zero attached hydrogens (tertiary/aromatic N) is 1. The van der Waals surface area contributed by atoms with Gasteiger partial charge >= 0.3 is 0 Å². The van der Waals surface area contributed by atoms with E-state index in [4.69, 9.17) is 4.74 Å². The van der Waals surface area contributed by atoms with Crippen LogP contribution in [0.2, 0.25) is 0 Å². The Hall–Kier alpha value is -2.82. The summed E-state index contributed by atoms with van der Waals surface area (Å²) in [5.74, 6) is 0.386. The van der Waals surface area contributed by atoms with Gasteiger partial charge in [0.1, 0.15) is 11.8 Å². The molecule has 2 amide bonds. The van der Waals surface area contributed by atoms with Gasteiger partial charge in [-0.15, -0.1) is 0 Å². The molecular weight excluding hydrogens is 388 g/mol. The molecule has 5 nitrogen and oxygen atoms in total. The number of benzene rings is 2. The van der Waals surface area contributed by atoms with Gasteiger partial charge in [-0.05, 0) is 68.9 Å². The molecule has 0 aromatic heterocycles. The molecule has 2 aromatic carbocycles. The van der Waals surface area contributed by atoms with Crippen molar-refractivity contribution in [3.63, 3.8) is 0 Å². The molecule has 0 saturated carbocycles. The van der Waals surface area contributed by atoms with Gasteiger partial charge in [0.15, 0.2) is 6.61 Å². The van der Waals surface area contributed by atoms with E-state index in [9.17, 15) is 9.59 Å². The molecular formula is C26H36N2O3. The summed E-state index contributed by atoms with van der Waals surface area (Å²) in [5, 5.41) is 3.03. The molecule has 0 radical (unpaired) electrons. The molecule has 31 heavy (non-hydrogen) atoms. The lowest BCUT2D eigenvalue weighted by Crippen LogP contribution is -2.52. The van der Waals surface area contributed by atoms with Crippen LogP contribution in [0.1, 0.15) is 50.3 Å². The van der Waals surface area contributed by atoms with Crippen molar-refractivity contribution < 1.29 is 14.3 Å². The molecule has 5 heteroatoms. The van der Waals surface area contributed by atoms with Crippen LogP contribution in [-0.2, 0) is 16.0 Å². The molecule has 0 heterocycles. The monoisotopic (exact) mass is 424 g/mol. The van der Waals surface area contributed by atoms with Gasteiger partial charge in [0, 0.05) is 12.6 Å². The Kier molecular flexibility index (Phi) is 9.57. The molecule has 0 fully saturated rings.